The zero-order valence-corrected chi connectivity index (χ0v) is 18.4. The van der Waals surface area contributed by atoms with Crippen molar-refractivity contribution in [3.05, 3.63) is 56.1 Å². The first-order valence-corrected chi connectivity index (χ1v) is 9.98. The van der Waals surface area contributed by atoms with Crippen LogP contribution in [0.1, 0.15) is 12.5 Å². The molecule has 0 saturated carbocycles. The van der Waals surface area contributed by atoms with E-state index in [9.17, 15) is 14.4 Å². The zero-order chi connectivity index (χ0) is 21.1. The van der Waals surface area contributed by atoms with E-state index in [1.165, 1.54) is 25.3 Å². The number of methoxy groups -OCH3 is 1. The predicted molar refractivity (Wildman–Crippen MR) is 117 cm³/mol. The van der Waals surface area contributed by atoms with Gasteiger partial charge in [-0.05, 0) is 77.6 Å². The molecule has 150 valence electrons. The lowest BCUT2D eigenvalue weighted by molar-refractivity contribution is -0.122. The Balaban J connectivity index is 2.03. The van der Waals surface area contributed by atoms with E-state index >= 15 is 0 Å². The highest BCUT2D eigenvalue weighted by Crippen LogP contribution is 2.35. The third-order valence-electron chi connectivity index (χ3n) is 4.03. The van der Waals surface area contributed by atoms with Crippen LogP contribution in [0.4, 0.5) is 10.5 Å². The van der Waals surface area contributed by atoms with Crippen molar-refractivity contribution < 1.29 is 23.9 Å². The van der Waals surface area contributed by atoms with E-state index in [0.717, 1.165) is 8.47 Å². The van der Waals surface area contributed by atoms with E-state index < -0.39 is 17.8 Å². The van der Waals surface area contributed by atoms with E-state index in [1.54, 1.807) is 24.3 Å². The molecule has 1 heterocycles. The Morgan fingerprint density at radius 3 is 2.48 bits per heavy atom. The summed E-state index contributed by atoms with van der Waals surface area (Å²) in [5.74, 6) is -0.450. The molecule has 9 heteroatoms. The van der Waals surface area contributed by atoms with E-state index in [0.29, 0.717) is 34.4 Å². The third-order valence-corrected chi connectivity index (χ3v) is 5.09. The molecule has 1 aliphatic heterocycles. The minimum absolute atomic E-state index is 0.178. The lowest BCUT2D eigenvalue weighted by Gasteiger charge is -2.26. The molecule has 0 bridgehead atoms. The molecule has 2 aromatic rings. The molecule has 0 aromatic heterocycles. The molecule has 3 rings (SSSR count). The second-order valence-corrected chi connectivity index (χ2v) is 7.50. The summed E-state index contributed by atoms with van der Waals surface area (Å²) in [6.07, 6.45) is 1.41. The number of benzene rings is 2. The average Bonchev–Trinajstić information content (AvgIpc) is 2.67. The van der Waals surface area contributed by atoms with Crippen molar-refractivity contribution in [1.82, 2.24) is 5.32 Å². The summed E-state index contributed by atoms with van der Waals surface area (Å²) < 4.78 is 11.7. The highest BCUT2D eigenvalue weighted by atomic mass is 127. The molecule has 1 saturated heterocycles. The summed E-state index contributed by atoms with van der Waals surface area (Å²) in [6.45, 7) is 2.26. The number of carbonyl (C=O) groups is 3. The molecule has 7 nitrogen and oxygen atoms in total. The SMILES string of the molecule is CCOc1cc(C=C2C(=O)NC(=O)N(c3ccc(Cl)cc3)C2=O)cc(I)c1OC. The second kappa shape index (κ2) is 8.83. The van der Waals surface area contributed by atoms with Gasteiger partial charge in [-0.15, -0.1) is 0 Å². The number of nitrogens with zero attached hydrogens (tertiary/aromatic N) is 1. The average molecular weight is 527 g/mol. The van der Waals surface area contributed by atoms with Gasteiger partial charge in [0.25, 0.3) is 11.8 Å². The van der Waals surface area contributed by atoms with Gasteiger partial charge in [-0.25, -0.2) is 9.69 Å². The number of ether oxygens (including phenoxy) is 2. The summed E-state index contributed by atoms with van der Waals surface area (Å²) in [4.78, 5) is 38.4. The highest BCUT2D eigenvalue weighted by molar-refractivity contribution is 14.1. The Morgan fingerprint density at radius 2 is 1.86 bits per heavy atom. The molecule has 0 aliphatic carbocycles. The topological polar surface area (TPSA) is 84.9 Å². The quantitative estimate of drug-likeness (QED) is 0.361. The normalized spacial score (nSPS) is 15.5. The molecular weight excluding hydrogens is 511 g/mol. The van der Waals surface area contributed by atoms with Crippen LogP contribution >= 0.6 is 34.2 Å². The maximum atomic E-state index is 12.9. The Hall–Kier alpha value is -2.59. The first-order valence-electron chi connectivity index (χ1n) is 8.53. The van der Waals surface area contributed by atoms with Gasteiger partial charge in [0.05, 0.1) is 23.0 Å². The molecule has 0 radical (unpaired) electrons. The summed E-state index contributed by atoms with van der Waals surface area (Å²) in [6, 6.07) is 8.75. The number of hydrogen-bond acceptors (Lipinski definition) is 5. The van der Waals surface area contributed by atoms with Crippen LogP contribution in [0.5, 0.6) is 11.5 Å². The van der Waals surface area contributed by atoms with Crippen LogP contribution in [0.25, 0.3) is 6.08 Å². The standard InChI is InChI=1S/C20H16ClIN2O5/c1-3-29-16-10-11(9-15(22)17(16)28-2)8-14-18(25)23-20(27)24(19(14)26)13-6-4-12(21)5-7-13/h4-10H,3H2,1-2H3,(H,23,25,27). The van der Waals surface area contributed by atoms with Crippen molar-refractivity contribution in [3.63, 3.8) is 0 Å². The molecule has 2 aromatic carbocycles. The Morgan fingerprint density at radius 1 is 1.17 bits per heavy atom. The van der Waals surface area contributed by atoms with E-state index in [4.69, 9.17) is 21.1 Å². The Bertz CT molecular complexity index is 1020. The highest BCUT2D eigenvalue weighted by Gasteiger charge is 2.36. The fourth-order valence-electron chi connectivity index (χ4n) is 2.78. The molecule has 1 N–H and O–H groups in total. The van der Waals surface area contributed by atoms with Crippen LogP contribution < -0.4 is 19.7 Å². The number of imide groups is 2. The number of hydrogen-bond donors (Lipinski definition) is 1. The number of rotatable bonds is 5. The summed E-state index contributed by atoms with van der Waals surface area (Å²) in [7, 11) is 1.53. The lowest BCUT2D eigenvalue weighted by Crippen LogP contribution is -2.54. The number of barbiturate groups is 1. The van der Waals surface area contributed by atoms with Crippen LogP contribution in [0, 0.1) is 3.57 Å². The van der Waals surface area contributed by atoms with Crippen LogP contribution in [0.2, 0.25) is 5.02 Å². The predicted octanol–water partition coefficient (Wildman–Crippen LogP) is 4.02. The minimum Gasteiger partial charge on any atom is -0.492 e. The van der Waals surface area contributed by atoms with E-state index in [2.05, 4.69) is 27.9 Å². The molecule has 0 atom stereocenters. The molecule has 1 fully saturated rings. The minimum atomic E-state index is -0.821. The first-order chi connectivity index (χ1) is 13.8. The van der Waals surface area contributed by atoms with Gasteiger partial charge in [0.2, 0.25) is 0 Å². The van der Waals surface area contributed by atoms with Crippen molar-refractivity contribution in [2.45, 2.75) is 6.92 Å². The van der Waals surface area contributed by atoms with Crippen molar-refractivity contribution in [1.29, 1.82) is 0 Å². The van der Waals surface area contributed by atoms with Crippen LogP contribution in [-0.4, -0.2) is 31.6 Å². The van der Waals surface area contributed by atoms with Gasteiger partial charge in [0.1, 0.15) is 5.57 Å². The molecule has 29 heavy (non-hydrogen) atoms. The number of halogens is 2. The van der Waals surface area contributed by atoms with Gasteiger partial charge in [0, 0.05) is 5.02 Å². The van der Waals surface area contributed by atoms with Gasteiger partial charge in [-0.1, -0.05) is 11.6 Å². The zero-order valence-electron chi connectivity index (χ0n) is 15.5. The number of carbonyl (C=O) groups excluding carboxylic acids is 3. The second-order valence-electron chi connectivity index (χ2n) is 5.90. The molecule has 0 unspecified atom stereocenters. The maximum Gasteiger partial charge on any atom is 0.335 e. The van der Waals surface area contributed by atoms with Gasteiger partial charge in [0.15, 0.2) is 11.5 Å². The van der Waals surface area contributed by atoms with Crippen LogP contribution in [0.15, 0.2) is 42.0 Å². The monoisotopic (exact) mass is 526 g/mol. The van der Waals surface area contributed by atoms with Gasteiger partial charge >= 0.3 is 6.03 Å². The molecule has 1 aliphatic rings. The van der Waals surface area contributed by atoms with Crippen LogP contribution in [0.3, 0.4) is 0 Å². The van der Waals surface area contributed by atoms with E-state index in [-0.39, 0.29) is 5.57 Å². The van der Waals surface area contributed by atoms with E-state index in [1.807, 2.05) is 6.92 Å². The summed E-state index contributed by atoms with van der Waals surface area (Å²) in [5, 5.41) is 2.65. The molecular formula is C20H16ClIN2O5. The van der Waals surface area contributed by atoms with Crippen molar-refractivity contribution >= 4 is 63.8 Å². The number of urea groups is 1. The summed E-state index contributed by atoms with van der Waals surface area (Å²) >= 11 is 7.95. The Kier molecular flexibility index (Phi) is 6.43. The van der Waals surface area contributed by atoms with Gasteiger partial charge < -0.3 is 9.47 Å². The number of anilines is 1. The van der Waals surface area contributed by atoms with Crippen molar-refractivity contribution in [3.8, 4) is 11.5 Å². The lowest BCUT2D eigenvalue weighted by atomic mass is 10.1. The van der Waals surface area contributed by atoms with Crippen LogP contribution in [-0.2, 0) is 9.59 Å². The van der Waals surface area contributed by atoms with Crippen molar-refractivity contribution in [2.24, 2.45) is 0 Å². The smallest absolute Gasteiger partial charge is 0.335 e. The molecule has 0 spiro atoms. The fraction of sp³-hybridized carbons (Fsp3) is 0.150. The Labute approximate surface area is 185 Å². The van der Waals surface area contributed by atoms with Gasteiger partial charge in [-0.3, -0.25) is 14.9 Å². The third kappa shape index (κ3) is 4.38. The largest absolute Gasteiger partial charge is 0.492 e. The maximum absolute atomic E-state index is 12.9. The number of nitrogens with one attached hydrogen (secondary N) is 1. The fourth-order valence-corrected chi connectivity index (χ4v) is 3.75. The molecule has 4 amide bonds. The van der Waals surface area contributed by atoms with Crippen molar-refractivity contribution in [2.75, 3.05) is 18.6 Å². The first kappa shape index (κ1) is 21.1. The number of amides is 4. The van der Waals surface area contributed by atoms with Gasteiger partial charge in [-0.2, -0.15) is 0 Å². The summed E-state index contributed by atoms with van der Waals surface area (Å²) in [5.41, 5.74) is 0.681.